The van der Waals surface area contributed by atoms with E-state index in [4.69, 9.17) is 4.74 Å². The van der Waals surface area contributed by atoms with Crippen molar-refractivity contribution in [3.63, 3.8) is 0 Å². The van der Waals surface area contributed by atoms with Gasteiger partial charge in [-0.3, -0.25) is 0 Å². The van der Waals surface area contributed by atoms with Crippen molar-refractivity contribution in [1.82, 2.24) is 19.9 Å². The summed E-state index contributed by atoms with van der Waals surface area (Å²) in [6, 6.07) is 2.02. The second kappa shape index (κ2) is 4.92. The summed E-state index contributed by atoms with van der Waals surface area (Å²) < 4.78 is 6.48. The summed E-state index contributed by atoms with van der Waals surface area (Å²) in [4.78, 5) is 19.6. The largest absolute Gasteiger partial charge is 0.481 e. The third kappa shape index (κ3) is 2.01. The van der Waals surface area contributed by atoms with Crippen molar-refractivity contribution in [3.8, 4) is 5.88 Å². The van der Waals surface area contributed by atoms with Crippen LogP contribution in [0.15, 0.2) is 24.1 Å². The lowest BCUT2D eigenvalue weighted by atomic mass is 10.1. The van der Waals surface area contributed by atoms with E-state index in [1.807, 2.05) is 11.4 Å². The molecule has 0 aromatic carbocycles. The Kier molecular flexibility index (Phi) is 2.92. The Morgan fingerprint density at radius 2 is 2.10 bits per heavy atom. The monoisotopic (exact) mass is 299 g/mol. The summed E-state index contributed by atoms with van der Waals surface area (Å²) in [6.07, 6.45) is 4.05. The molecule has 0 saturated carbocycles. The normalized spacial score (nSPS) is 14.2. The van der Waals surface area contributed by atoms with Crippen LogP contribution in [-0.4, -0.2) is 33.6 Å². The molecule has 0 unspecified atom stereocenters. The first-order valence-corrected chi connectivity index (χ1v) is 7.54. The van der Waals surface area contributed by atoms with Crippen LogP contribution < -0.4 is 9.64 Å². The standard InChI is InChI=1S/C14H13N5OS/c1-20-14-9-6-19(4-2-10(9)15-8-18-14)13-12-11(3-5-21-12)16-7-17-13/h3,5,7-8H,2,4,6H2,1H3. The number of nitrogens with zero attached hydrogens (tertiary/aromatic N) is 5. The molecule has 21 heavy (non-hydrogen) atoms. The van der Waals surface area contributed by atoms with E-state index in [-0.39, 0.29) is 0 Å². The maximum Gasteiger partial charge on any atom is 0.221 e. The summed E-state index contributed by atoms with van der Waals surface area (Å²) in [6.45, 7) is 1.60. The number of rotatable bonds is 2. The number of thiophene rings is 1. The minimum atomic E-state index is 0.654. The zero-order valence-electron chi connectivity index (χ0n) is 11.5. The van der Waals surface area contributed by atoms with E-state index in [2.05, 4.69) is 24.8 Å². The fraction of sp³-hybridized carbons (Fsp3) is 0.286. The minimum absolute atomic E-state index is 0.654. The van der Waals surface area contributed by atoms with Gasteiger partial charge in [-0.2, -0.15) is 0 Å². The highest BCUT2D eigenvalue weighted by molar-refractivity contribution is 7.17. The average molecular weight is 299 g/mol. The Morgan fingerprint density at radius 1 is 1.19 bits per heavy atom. The predicted molar refractivity (Wildman–Crippen MR) is 80.8 cm³/mol. The van der Waals surface area contributed by atoms with E-state index < -0.39 is 0 Å². The Bertz CT molecular complexity index is 789. The highest BCUT2D eigenvalue weighted by atomic mass is 32.1. The predicted octanol–water partition coefficient (Wildman–Crippen LogP) is 2.05. The first-order valence-electron chi connectivity index (χ1n) is 6.66. The number of methoxy groups -OCH3 is 1. The SMILES string of the molecule is COc1ncnc2c1CN(c1ncnc3ccsc13)CC2. The van der Waals surface area contributed by atoms with Gasteiger partial charge < -0.3 is 9.64 Å². The molecule has 0 aliphatic carbocycles. The van der Waals surface area contributed by atoms with E-state index in [1.165, 1.54) is 0 Å². The van der Waals surface area contributed by atoms with Crippen molar-refractivity contribution in [2.24, 2.45) is 0 Å². The van der Waals surface area contributed by atoms with Crippen molar-refractivity contribution in [1.29, 1.82) is 0 Å². The molecule has 0 spiro atoms. The number of hydrogen-bond acceptors (Lipinski definition) is 7. The Hall–Kier alpha value is -2.28. The summed E-state index contributed by atoms with van der Waals surface area (Å²) in [7, 11) is 1.64. The topological polar surface area (TPSA) is 64.0 Å². The molecule has 6 nitrogen and oxygen atoms in total. The molecule has 4 rings (SSSR count). The molecule has 0 radical (unpaired) electrons. The van der Waals surface area contributed by atoms with Gasteiger partial charge in [0.1, 0.15) is 18.5 Å². The molecular weight excluding hydrogens is 286 g/mol. The van der Waals surface area contributed by atoms with Crippen molar-refractivity contribution in [2.75, 3.05) is 18.6 Å². The molecule has 0 saturated heterocycles. The molecule has 0 bridgehead atoms. The van der Waals surface area contributed by atoms with Gasteiger partial charge in [-0.1, -0.05) is 0 Å². The van der Waals surface area contributed by atoms with Gasteiger partial charge in [-0.25, -0.2) is 19.9 Å². The molecule has 7 heteroatoms. The highest BCUT2D eigenvalue weighted by Gasteiger charge is 2.24. The third-order valence-corrected chi connectivity index (χ3v) is 4.58. The van der Waals surface area contributed by atoms with Gasteiger partial charge in [0, 0.05) is 13.0 Å². The first kappa shape index (κ1) is 12.5. The van der Waals surface area contributed by atoms with Gasteiger partial charge in [0.05, 0.1) is 35.1 Å². The zero-order valence-corrected chi connectivity index (χ0v) is 12.3. The number of ether oxygens (including phenoxy) is 1. The molecule has 3 aromatic rings. The van der Waals surface area contributed by atoms with Crippen LogP contribution in [-0.2, 0) is 13.0 Å². The fourth-order valence-corrected chi connectivity index (χ4v) is 3.53. The van der Waals surface area contributed by atoms with E-state index >= 15 is 0 Å². The van der Waals surface area contributed by atoms with Gasteiger partial charge in [0.25, 0.3) is 0 Å². The van der Waals surface area contributed by atoms with Crippen LogP contribution >= 0.6 is 11.3 Å². The van der Waals surface area contributed by atoms with Gasteiger partial charge in [-0.15, -0.1) is 11.3 Å². The Morgan fingerprint density at radius 3 is 3.00 bits per heavy atom. The van der Waals surface area contributed by atoms with E-state index in [0.717, 1.165) is 40.3 Å². The zero-order chi connectivity index (χ0) is 14.2. The lowest BCUT2D eigenvalue weighted by molar-refractivity contribution is 0.387. The highest BCUT2D eigenvalue weighted by Crippen LogP contribution is 2.32. The summed E-state index contributed by atoms with van der Waals surface area (Å²) in [5.74, 6) is 1.63. The number of anilines is 1. The van der Waals surface area contributed by atoms with E-state index in [9.17, 15) is 0 Å². The fourth-order valence-electron chi connectivity index (χ4n) is 2.67. The molecule has 4 heterocycles. The van der Waals surface area contributed by atoms with E-state index in [1.54, 1.807) is 31.1 Å². The molecule has 1 aliphatic rings. The van der Waals surface area contributed by atoms with Crippen LogP contribution in [0.4, 0.5) is 5.82 Å². The second-order valence-electron chi connectivity index (χ2n) is 4.81. The minimum Gasteiger partial charge on any atom is -0.481 e. The van der Waals surface area contributed by atoms with Crippen LogP contribution in [0.25, 0.3) is 10.2 Å². The van der Waals surface area contributed by atoms with Gasteiger partial charge in [0.15, 0.2) is 0 Å². The Labute approximate surface area is 125 Å². The molecule has 0 amide bonds. The summed E-state index contributed by atoms with van der Waals surface area (Å²) in [5.41, 5.74) is 3.11. The van der Waals surface area contributed by atoms with Crippen LogP contribution in [0.2, 0.25) is 0 Å². The molecule has 1 aliphatic heterocycles. The number of hydrogen-bond donors (Lipinski definition) is 0. The van der Waals surface area contributed by atoms with Crippen molar-refractivity contribution >= 4 is 27.4 Å². The first-order chi connectivity index (χ1) is 10.4. The Balaban J connectivity index is 1.77. The van der Waals surface area contributed by atoms with Crippen molar-refractivity contribution < 1.29 is 4.74 Å². The van der Waals surface area contributed by atoms with Crippen LogP contribution in [0.1, 0.15) is 11.3 Å². The van der Waals surface area contributed by atoms with Gasteiger partial charge in [0.2, 0.25) is 5.88 Å². The molecule has 0 fully saturated rings. The number of aromatic nitrogens is 4. The molecule has 106 valence electrons. The molecule has 0 N–H and O–H groups in total. The summed E-state index contributed by atoms with van der Waals surface area (Å²) in [5, 5.41) is 2.05. The van der Waals surface area contributed by atoms with Gasteiger partial charge >= 0.3 is 0 Å². The second-order valence-corrected chi connectivity index (χ2v) is 5.73. The molecule has 3 aromatic heterocycles. The van der Waals surface area contributed by atoms with Crippen molar-refractivity contribution in [3.05, 3.63) is 35.4 Å². The maximum absolute atomic E-state index is 5.36. The maximum atomic E-state index is 5.36. The smallest absolute Gasteiger partial charge is 0.221 e. The lowest BCUT2D eigenvalue weighted by Gasteiger charge is -2.29. The third-order valence-electron chi connectivity index (χ3n) is 3.68. The summed E-state index contributed by atoms with van der Waals surface area (Å²) >= 11 is 1.67. The van der Waals surface area contributed by atoms with Crippen LogP contribution in [0, 0.1) is 0 Å². The van der Waals surface area contributed by atoms with Gasteiger partial charge in [-0.05, 0) is 11.4 Å². The lowest BCUT2D eigenvalue weighted by Crippen LogP contribution is -2.32. The molecule has 0 atom stereocenters. The van der Waals surface area contributed by atoms with Crippen LogP contribution in [0.5, 0.6) is 5.88 Å². The number of fused-ring (bicyclic) bond motifs is 2. The van der Waals surface area contributed by atoms with Crippen LogP contribution in [0.3, 0.4) is 0 Å². The van der Waals surface area contributed by atoms with Crippen molar-refractivity contribution in [2.45, 2.75) is 13.0 Å². The van der Waals surface area contributed by atoms with E-state index in [0.29, 0.717) is 12.4 Å². The molecular formula is C14H13N5OS. The average Bonchev–Trinajstić information content (AvgIpc) is 3.02. The quantitative estimate of drug-likeness (QED) is 0.721.